The number of nitrogens with one attached hydrogen (secondary N) is 1. The van der Waals surface area contributed by atoms with Gasteiger partial charge in [0.25, 0.3) is 5.91 Å². The van der Waals surface area contributed by atoms with Gasteiger partial charge in [-0.2, -0.15) is 0 Å². The lowest BCUT2D eigenvalue weighted by Gasteiger charge is -2.15. The maximum Gasteiger partial charge on any atom is 0.265 e. The maximum atomic E-state index is 13.0. The van der Waals surface area contributed by atoms with Crippen LogP contribution < -0.4 is 10.1 Å². The smallest absolute Gasteiger partial charge is 0.265 e. The van der Waals surface area contributed by atoms with Crippen LogP contribution in [0.1, 0.15) is 6.92 Å². The summed E-state index contributed by atoms with van der Waals surface area (Å²) in [5.74, 6) is -0.117. The van der Waals surface area contributed by atoms with Crippen LogP contribution in [-0.4, -0.2) is 22.0 Å². The summed E-state index contributed by atoms with van der Waals surface area (Å²) in [6.07, 6.45) is 1.02. The van der Waals surface area contributed by atoms with E-state index in [2.05, 4.69) is 15.3 Å². The number of para-hydroxylation sites is 2. The summed E-state index contributed by atoms with van der Waals surface area (Å²) in [6, 6.07) is 20.6. The number of carbonyl (C=O) groups is 1. The van der Waals surface area contributed by atoms with Crippen LogP contribution in [0.25, 0.3) is 22.3 Å². The molecule has 6 heteroatoms. The van der Waals surface area contributed by atoms with E-state index in [-0.39, 0.29) is 11.7 Å². The Bertz CT molecular complexity index is 1140. The molecule has 1 aromatic heterocycles. The van der Waals surface area contributed by atoms with Crippen molar-refractivity contribution in [2.24, 2.45) is 0 Å². The normalized spacial score (nSPS) is 11.8. The topological polar surface area (TPSA) is 64.1 Å². The summed E-state index contributed by atoms with van der Waals surface area (Å²) in [5, 5.41) is 2.69. The molecular weight excluding hydrogens is 369 g/mol. The molecule has 3 aromatic carbocycles. The number of nitrogens with zero attached hydrogens (tertiary/aromatic N) is 2. The minimum atomic E-state index is -0.716. The van der Waals surface area contributed by atoms with Crippen LogP contribution in [0.3, 0.4) is 0 Å². The third kappa shape index (κ3) is 4.38. The average Bonchev–Trinajstić information content (AvgIpc) is 2.75. The molecule has 144 valence electrons. The fourth-order valence-electron chi connectivity index (χ4n) is 2.84. The highest BCUT2D eigenvalue weighted by Crippen LogP contribution is 2.23. The van der Waals surface area contributed by atoms with E-state index < -0.39 is 6.10 Å². The number of benzene rings is 3. The van der Waals surface area contributed by atoms with Crippen molar-refractivity contribution in [1.82, 2.24) is 9.97 Å². The van der Waals surface area contributed by atoms with Crippen molar-refractivity contribution in [3.63, 3.8) is 0 Å². The zero-order valence-electron chi connectivity index (χ0n) is 15.7. The van der Waals surface area contributed by atoms with Crippen LogP contribution in [0.2, 0.25) is 0 Å². The minimum Gasteiger partial charge on any atom is -0.481 e. The van der Waals surface area contributed by atoms with Crippen molar-refractivity contribution in [2.45, 2.75) is 13.0 Å². The molecule has 0 spiro atoms. The van der Waals surface area contributed by atoms with E-state index >= 15 is 0 Å². The number of hydrogen-bond acceptors (Lipinski definition) is 4. The lowest BCUT2D eigenvalue weighted by molar-refractivity contribution is -0.122. The van der Waals surface area contributed by atoms with Crippen molar-refractivity contribution in [2.75, 3.05) is 5.32 Å². The van der Waals surface area contributed by atoms with Gasteiger partial charge < -0.3 is 10.1 Å². The Morgan fingerprint density at radius 3 is 2.38 bits per heavy atom. The third-order valence-corrected chi connectivity index (χ3v) is 4.39. The molecule has 0 bridgehead atoms. The van der Waals surface area contributed by atoms with Crippen LogP contribution in [0, 0.1) is 5.82 Å². The van der Waals surface area contributed by atoms with Crippen molar-refractivity contribution >= 4 is 22.6 Å². The summed E-state index contributed by atoms with van der Waals surface area (Å²) < 4.78 is 18.7. The Morgan fingerprint density at radius 2 is 1.66 bits per heavy atom. The Hall–Kier alpha value is -3.80. The summed E-state index contributed by atoms with van der Waals surface area (Å²) in [4.78, 5) is 21.3. The minimum absolute atomic E-state index is 0.318. The molecule has 0 aliphatic carbocycles. The van der Waals surface area contributed by atoms with Crippen LogP contribution in [0.15, 0.2) is 79.0 Å². The molecule has 1 amide bonds. The first kappa shape index (κ1) is 18.6. The first-order valence-corrected chi connectivity index (χ1v) is 9.14. The Kier molecular flexibility index (Phi) is 5.16. The number of halogens is 1. The Morgan fingerprint density at radius 1 is 0.966 bits per heavy atom. The molecule has 0 saturated heterocycles. The van der Waals surface area contributed by atoms with Gasteiger partial charge in [0.15, 0.2) is 6.10 Å². The zero-order chi connectivity index (χ0) is 20.2. The molecule has 0 fully saturated rings. The molecule has 0 aliphatic heterocycles. The fourth-order valence-corrected chi connectivity index (χ4v) is 2.84. The van der Waals surface area contributed by atoms with E-state index in [0.717, 1.165) is 22.3 Å². The monoisotopic (exact) mass is 387 g/mol. The van der Waals surface area contributed by atoms with E-state index in [4.69, 9.17) is 4.74 Å². The highest BCUT2D eigenvalue weighted by molar-refractivity contribution is 5.94. The SMILES string of the molecule is C[C@H](Oc1ccc(-c2cnc3ccccc3n2)cc1)C(=O)Nc1ccc(F)cc1. The largest absolute Gasteiger partial charge is 0.481 e. The molecule has 0 aliphatic rings. The maximum absolute atomic E-state index is 13.0. The van der Waals surface area contributed by atoms with E-state index in [9.17, 15) is 9.18 Å². The molecule has 1 N–H and O–H groups in total. The molecule has 0 unspecified atom stereocenters. The number of ether oxygens (including phenoxy) is 1. The van der Waals surface area contributed by atoms with Gasteiger partial charge in [0, 0.05) is 11.3 Å². The average molecular weight is 387 g/mol. The number of anilines is 1. The molecule has 1 atom stereocenters. The molecule has 0 saturated carbocycles. The van der Waals surface area contributed by atoms with Crippen molar-refractivity contribution in [1.29, 1.82) is 0 Å². The number of fused-ring (bicyclic) bond motifs is 1. The van der Waals surface area contributed by atoms with Crippen molar-refractivity contribution < 1.29 is 13.9 Å². The predicted molar refractivity (Wildman–Crippen MR) is 110 cm³/mol. The van der Waals surface area contributed by atoms with Gasteiger partial charge in [0.05, 0.1) is 22.9 Å². The van der Waals surface area contributed by atoms with Gasteiger partial charge in [-0.05, 0) is 67.6 Å². The molecular formula is C23H18FN3O2. The zero-order valence-corrected chi connectivity index (χ0v) is 15.7. The van der Waals surface area contributed by atoms with Crippen molar-refractivity contribution in [3.8, 4) is 17.0 Å². The molecule has 4 aromatic rings. The highest BCUT2D eigenvalue weighted by atomic mass is 19.1. The molecule has 0 radical (unpaired) electrons. The quantitative estimate of drug-likeness (QED) is 0.532. The first-order valence-electron chi connectivity index (χ1n) is 9.14. The van der Waals surface area contributed by atoms with Gasteiger partial charge in [0.2, 0.25) is 0 Å². The molecule has 1 heterocycles. The van der Waals surface area contributed by atoms with Gasteiger partial charge in [-0.25, -0.2) is 9.37 Å². The Balaban J connectivity index is 1.43. The second-order valence-corrected chi connectivity index (χ2v) is 6.52. The first-order chi connectivity index (χ1) is 14.1. The molecule has 5 nitrogen and oxygen atoms in total. The van der Waals surface area contributed by atoms with Crippen LogP contribution in [0.5, 0.6) is 5.75 Å². The van der Waals surface area contributed by atoms with Gasteiger partial charge in [-0.1, -0.05) is 12.1 Å². The predicted octanol–water partition coefficient (Wildman–Crippen LogP) is 4.84. The highest BCUT2D eigenvalue weighted by Gasteiger charge is 2.15. The van der Waals surface area contributed by atoms with E-state index in [1.165, 1.54) is 24.3 Å². The Labute approximate surface area is 167 Å². The van der Waals surface area contributed by atoms with Crippen LogP contribution in [-0.2, 0) is 4.79 Å². The molecule has 29 heavy (non-hydrogen) atoms. The number of aromatic nitrogens is 2. The summed E-state index contributed by atoms with van der Waals surface area (Å²) in [5.41, 5.74) is 3.85. The fraction of sp³-hybridized carbons (Fsp3) is 0.0870. The van der Waals surface area contributed by atoms with Crippen molar-refractivity contribution in [3.05, 3.63) is 84.8 Å². The molecule has 4 rings (SSSR count). The number of rotatable bonds is 5. The lowest BCUT2D eigenvalue weighted by Crippen LogP contribution is -2.30. The second kappa shape index (κ2) is 8.06. The summed E-state index contributed by atoms with van der Waals surface area (Å²) in [6.45, 7) is 1.65. The van der Waals surface area contributed by atoms with Gasteiger partial charge in [-0.3, -0.25) is 9.78 Å². The van der Waals surface area contributed by atoms with Crippen LogP contribution in [0.4, 0.5) is 10.1 Å². The van der Waals surface area contributed by atoms with Gasteiger partial charge in [0.1, 0.15) is 11.6 Å². The summed E-state index contributed by atoms with van der Waals surface area (Å²) >= 11 is 0. The standard InChI is InChI=1S/C23H18FN3O2/c1-15(23(28)26-18-10-8-17(24)9-11-18)29-19-12-6-16(7-13-19)22-14-25-20-4-2-3-5-21(20)27-22/h2-15H,1H3,(H,26,28)/t15-/m0/s1. The number of carbonyl (C=O) groups excluding carboxylic acids is 1. The third-order valence-electron chi connectivity index (χ3n) is 4.39. The van der Waals surface area contributed by atoms with E-state index in [0.29, 0.717) is 11.4 Å². The second-order valence-electron chi connectivity index (χ2n) is 6.52. The lowest BCUT2D eigenvalue weighted by atomic mass is 10.1. The number of hydrogen-bond donors (Lipinski definition) is 1. The van der Waals surface area contributed by atoms with E-state index in [1.807, 2.05) is 36.4 Å². The van der Waals surface area contributed by atoms with Gasteiger partial charge >= 0.3 is 0 Å². The van der Waals surface area contributed by atoms with E-state index in [1.54, 1.807) is 25.3 Å². The van der Waals surface area contributed by atoms with Gasteiger partial charge in [-0.15, -0.1) is 0 Å². The summed E-state index contributed by atoms with van der Waals surface area (Å²) in [7, 11) is 0. The van der Waals surface area contributed by atoms with Crippen LogP contribution >= 0.6 is 0 Å². The number of amides is 1.